The fourth-order valence-electron chi connectivity index (χ4n) is 1.11. The number of hydrogen-bond donors (Lipinski definition) is 1. The number of aromatic nitrogens is 2. The van der Waals surface area contributed by atoms with Gasteiger partial charge in [0.05, 0.1) is 0 Å². The van der Waals surface area contributed by atoms with E-state index >= 15 is 0 Å². The largest absolute Gasteiger partial charge is 1.00 e. The third-order valence-electron chi connectivity index (χ3n) is 1.71. The van der Waals surface area contributed by atoms with Crippen LogP contribution >= 0.6 is 22.9 Å². The summed E-state index contributed by atoms with van der Waals surface area (Å²) in [7, 11) is -4.57. The van der Waals surface area contributed by atoms with E-state index in [0.717, 1.165) is 11.3 Å². The zero-order valence-corrected chi connectivity index (χ0v) is 13.5. The minimum Gasteiger partial charge on any atom is -0.731 e. The van der Waals surface area contributed by atoms with Gasteiger partial charge in [0, 0.05) is 10.6 Å². The van der Waals surface area contributed by atoms with Gasteiger partial charge in [-0.25, -0.2) is 8.42 Å². The molecule has 0 atom stereocenters. The van der Waals surface area contributed by atoms with Crippen molar-refractivity contribution in [2.75, 3.05) is 4.72 Å². The average molecular weight is 314 g/mol. The minimum atomic E-state index is -4.57. The van der Waals surface area contributed by atoms with Crippen LogP contribution < -0.4 is 34.3 Å². The molecule has 2 rings (SSSR count). The second-order valence-electron chi connectivity index (χ2n) is 2.98. The Morgan fingerprint density at radius 3 is 2.67 bits per heavy atom. The maximum atomic E-state index is 10.5. The van der Waals surface area contributed by atoms with E-state index < -0.39 is 10.3 Å². The standard InChI is InChI=1S/C8H6ClN3O3S2.Na/c9-6-3-1-2-5(4-6)7-10-11-8(16-7)12-17(13,14)15;/h1-4H,(H,11,12)(H,13,14,15);/q;+1/p-1. The molecular formula is C8H5ClN3NaO3S2. The van der Waals surface area contributed by atoms with Gasteiger partial charge in [0.15, 0.2) is 10.3 Å². The molecule has 90 valence electrons. The Kier molecular flexibility index (Phi) is 5.53. The molecule has 10 heteroatoms. The number of anilines is 1. The Labute approximate surface area is 135 Å². The van der Waals surface area contributed by atoms with Crippen molar-refractivity contribution in [1.29, 1.82) is 0 Å². The van der Waals surface area contributed by atoms with Gasteiger partial charge in [0.1, 0.15) is 5.01 Å². The van der Waals surface area contributed by atoms with Gasteiger partial charge in [-0.05, 0) is 12.1 Å². The second kappa shape index (κ2) is 6.29. The summed E-state index contributed by atoms with van der Waals surface area (Å²) in [6.07, 6.45) is 0. The van der Waals surface area contributed by atoms with Gasteiger partial charge in [0.25, 0.3) is 0 Å². The summed E-state index contributed by atoms with van der Waals surface area (Å²) in [4.78, 5) is 0. The van der Waals surface area contributed by atoms with Gasteiger partial charge in [-0.1, -0.05) is 35.1 Å². The number of nitrogens with one attached hydrogen (secondary N) is 1. The minimum absolute atomic E-state index is 0. The van der Waals surface area contributed by atoms with Crippen LogP contribution in [0.1, 0.15) is 0 Å². The van der Waals surface area contributed by atoms with Crippen LogP contribution in [0.4, 0.5) is 5.13 Å². The topological polar surface area (TPSA) is 95.0 Å². The number of halogens is 1. The molecule has 0 fully saturated rings. The Morgan fingerprint density at radius 1 is 1.33 bits per heavy atom. The van der Waals surface area contributed by atoms with Gasteiger partial charge < -0.3 is 4.55 Å². The first kappa shape index (κ1) is 15.8. The van der Waals surface area contributed by atoms with E-state index in [1.165, 1.54) is 0 Å². The molecular weight excluding hydrogens is 309 g/mol. The van der Waals surface area contributed by atoms with E-state index in [4.69, 9.17) is 11.6 Å². The Balaban J connectivity index is 0.00000162. The maximum absolute atomic E-state index is 10.5. The van der Waals surface area contributed by atoms with Gasteiger partial charge in [-0.3, -0.25) is 4.72 Å². The number of rotatable bonds is 3. The van der Waals surface area contributed by atoms with E-state index in [1.54, 1.807) is 29.0 Å². The molecule has 0 saturated carbocycles. The molecule has 0 spiro atoms. The molecule has 0 bridgehead atoms. The van der Waals surface area contributed by atoms with Crippen LogP contribution in [0.5, 0.6) is 0 Å². The third kappa shape index (κ3) is 4.47. The van der Waals surface area contributed by atoms with Gasteiger partial charge in [0.2, 0.25) is 5.13 Å². The first-order valence-electron chi connectivity index (χ1n) is 4.27. The normalized spacial score (nSPS) is 10.8. The molecule has 0 radical (unpaired) electrons. The van der Waals surface area contributed by atoms with E-state index in [9.17, 15) is 13.0 Å². The summed E-state index contributed by atoms with van der Waals surface area (Å²) in [6, 6.07) is 6.85. The van der Waals surface area contributed by atoms with Gasteiger partial charge in [-0.15, -0.1) is 10.2 Å². The summed E-state index contributed by atoms with van der Waals surface area (Å²) >= 11 is 6.75. The van der Waals surface area contributed by atoms with Crippen molar-refractivity contribution in [2.24, 2.45) is 0 Å². The summed E-state index contributed by atoms with van der Waals surface area (Å²) in [5, 5.41) is 8.23. The predicted molar refractivity (Wildman–Crippen MR) is 63.7 cm³/mol. The van der Waals surface area contributed by atoms with Crippen LogP contribution in [0.25, 0.3) is 10.6 Å². The van der Waals surface area contributed by atoms with Crippen molar-refractivity contribution in [3.8, 4) is 10.6 Å². The van der Waals surface area contributed by atoms with E-state index in [1.807, 2.05) is 0 Å². The molecule has 0 aliphatic rings. The van der Waals surface area contributed by atoms with Gasteiger partial charge >= 0.3 is 29.6 Å². The van der Waals surface area contributed by atoms with Crippen LogP contribution in [0.15, 0.2) is 24.3 Å². The van der Waals surface area contributed by atoms with Gasteiger partial charge in [-0.2, -0.15) is 0 Å². The van der Waals surface area contributed by atoms with Crippen LogP contribution in [0, 0.1) is 0 Å². The van der Waals surface area contributed by atoms with Crippen molar-refractivity contribution in [1.82, 2.24) is 10.2 Å². The van der Waals surface area contributed by atoms with Crippen molar-refractivity contribution in [2.45, 2.75) is 0 Å². The summed E-state index contributed by atoms with van der Waals surface area (Å²) < 4.78 is 33.1. The summed E-state index contributed by atoms with van der Waals surface area (Å²) in [5.74, 6) is 0. The zero-order valence-electron chi connectivity index (χ0n) is 9.12. The number of nitrogens with zero attached hydrogens (tertiary/aromatic N) is 2. The summed E-state index contributed by atoms with van der Waals surface area (Å²) in [5.41, 5.74) is 0.700. The molecule has 1 aromatic carbocycles. The molecule has 6 nitrogen and oxygen atoms in total. The van der Waals surface area contributed by atoms with Crippen molar-refractivity contribution >= 4 is 38.4 Å². The van der Waals surface area contributed by atoms with Crippen molar-refractivity contribution < 1.29 is 42.5 Å². The SMILES string of the molecule is O=S(=O)([O-])Nc1nnc(-c2cccc(Cl)c2)s1.[Na+]. The van der Waals surface area contributed by atoms with E-state index in [0.29, 0.717) is 15.6 Å². The van der Waals surface area contributed by atoms with Crippen molar-refractivity contribution in [3.05, 3.63) is 29.3 Å². The molecule has 1 heterocycles. The Bertz CT molecular complexity index is 647. The van der Waals surface area contributed by atoms with Crippen molar-refractivity contribution in [3.63, 3.8) is 0 Å². The average Bonchev–Trinajstić information content (AvgIpc) is 2.63. The first-order valence-corrected chi connectivity index (χ1v) is 6.87. The Hall–Kier alpha value is -0.220. The first-order chi connectivity index (χ1) is 7.94. The maximum Gasteiger partial charge on any atom is 1.00 e. The fraction of sp³-hybridized carbons (Fsp3) is 0. The molecule has 1 aromatic heterocycles. The summed E-state index contributed by atoms with van der Waals surface area (Å²) in [6.45, 7) is 0. The van der Waals surface area contributed by atoms with Crippen LogP contribution in [-0.2, 0) is 10.3 Å². The number of hydrogen-bond acceptors (Lipinski definition) is 6. The van der Waals surface area contributed by atoms with Crippen LogP contribution in [0.3, 0.4) is 0 Å². The van der Waals surface area contributed by atoms with E-state index in [-0.39, 0.29) is 34.7 Å². The molecule has 18 heavy (non-hydrogen) atoms. The predicted octanol–water partition coefficient (Wildman–Crippen LogP) is -1.27. The van der Waals surface area contributed by atoms with Crippen LogP contribution in [0.2, 0.25) is 5.02 Å². The Morgan fingerprint density at radius 2 is 2.06 bits per heavy atom. The third-order valence-corrected chi connectivity index (χ3v) is 3.40. The molecule has 0 unspecified atom stereocenters. The quantitative estimate of drug-likeness (QED) is 0.563. The van der Waals surface area contributed by atoms with E-state index in [2.05, 4.69) is 10.2 Å². The zero-order chi connectivity index (χ0) is 12.5. The smallest absolute Gasteiger partial charge is 0.731 e. The number of benzene rings is 1. The molecule has 0 amide bonds. The molecule has 0 aliphatic heterocycles. The second-order valence-corrected chi connectivity index (χ2v) is 5.51. The van der Waals surface area contributed by atoms with Crippen LogP contribution in [-0.4, -0.2) is 23.2 Å². The molecule has 2 aromatic rings. The molecule has 0 saturated heterocycles. The molecule has 0 aliphatic carbocycles. The fourth-order valence-corrected chi connectivity index (χ4v) is 2.62. The monoisotopic (exact) mass is 313 g/mol. The molecule has 1 N–H and O–H groups in total.